The van der Waals surface area contributed by atoms with E-state index >= 15 is 0 Å². The molecular formula is C26H31BFNO6. The van der Waals surface area contributed by atoms with Crippen LogP contribution in [0, 0.1) is 5.82 Å². The number of aliphatic carboxylic acids is 1. The fourth-order valence-corrected chi connectivity index (χ4v) is 3.46. The molecule has 3 rings (SSSR count). The van der Waals surface area contributed by atoms with Crippen molar-refractivity contribution in [1.29, 1.82) is 0 Å². The summed E-state index contributed by atoms with van der Waals surface area (Å²) in [6.07, 6.45) is 1.04. The summed E-state index contributed by atoms with van der Waals surface area (Å²) in [6, 6.07) is 13.9. The van der Waals surface area contributed by atoms with Crippen LogP contribution in [0.3, 0.4) is 0 Å². The second-order valence-corrected chi connectivity index (χ2v) is 9.47. The molecule has 2 aromatic rings. The fourth-order valence-electron chi connectivity index (χ4n) is 3.46. The van der Waals surface area contributed by atoms with Gasteiger partial charge in [-0.3, -0.25) is 4.79 Å². The van der Waals surface area contributed by atoms with Crippen molar-refractivity contribution in [1.82, 2.24) is 5.32 Å². The van der Waals surface area contributed by atoms with E-state index in [0.29, 0.717) is 16.6 Å². The molecule has 0 bridgehead atoms. The molecule has 7 nitrogen and oxygen atoms in total. The van der Waals surface area contributed by atoms with Gasteiger partial charge in [-0.15, -0.1) is 0 Å². The molecule has 0 radical (unpaired) electrons. The Labute approximate surface area is 205 Å². The maximum absolute atomic E-state index is 14.6. The number of hydrogen-bond donors (Lipinski definition) is 2. The number of rotatable bonds is 9. The number of alkyl carbamates (subject to hydrolysis) is 1. The third kappa shape index (κ3) is 7.16. The van der Waals surface area contributed by atoms with E-state index in [1.165, 1.54) is 6.07 Å². The van der Waals surface area contributed by atoms with Gasteiger partial charge in [-0.05, 0) is 62.3 Å². The highest BCUT2D eigenvalue weighted by atomic mass is 19.1. The first kappa shape index (κ1) is 26.4. The lowest BCUT2D eigenvalue weighted by Gasteiger charge is -2.32. The number of benzene rings is 2. The van der Waals surface area contributed by atoms with E-state index in [4.69, 9.17) is 19.2 Å². The van der Waals surface area contributed by atoms with Gasteiger partial charge in [-0.2, -0.15) is 0 Å². The monoisotopic (exact) mass is 483 g/mol. The van der Waals surface area contributed by atoms with Crippen molar-refractivity contribution in [3.63, 3.8) is 0 Å². The van der Waals surface area contributed by atoms with Gasteiger partial charge in [0.05, 0.1) is 11.2 Å². The molecule has 1 aliphatic heterocycles. The van der Waals surface area contributed by atoms with E-state index < -0.39 is 36.2 Å². The standard InChI is InChI=1S/C26H31BFNO6/c1-25(2)26(3,4)35-27(34-25)21(16-29-24(32)33-17-18-8-6-5-7-9-18)14-19-10-11-20(22(28)15-19)12-13-23(30)31/h5-11,14-15H,12-13,16-17H2,1-4H3,(H,29,32)(H,30,31). The molecule has 0 unspecified atom stereocenters. The predicted molar refractivity (Wildman–Crippen MR) is 131 cm³/mol. The number of carboxylic acids is 1. The molecule has 1 aliphatic rings. The zero-order chi connectivity index (χ0) is 25.6. The van der Waals surface area contributed by atoms with Gasteiger partial charge in [-0.25, -0.2) is 9.18 Å². The van der Waals surface area contributed by atoms with Gasteiger partial charge in [0.25, 0.3) is 0 Å². The number of aryl methyl sites for hydroxylation is 1. The van der Waals surface area contributed by atoms with Gasteiger partial charge in [0.15, 0.2) is 0 Å². The van der Waals surface area contributed by atoms with Crippen LogP contribution in [-0.2, 0) is 31.9 Å². The zero-order valence-electron chi connectivity index (χ0n) is 20.5. The van der Waals surface area contributed by atoms with Crippen molar-refractivity contribution in [3.05, 3.63) is 76.5 Å². The van der Waals surface area contributed by atoms with E-state index in [1.807, 2.05) is 58.0 Å². The van der Waals surface area contributed by atoms with Crippen LogP contribution < -0.4 is 5.32 Å². The van der Waals surface area contributed by atoms with E-state index in [-0.39, 0.29) is 26.0 Å². The van der Waals surface area contributed by atoms with Crippen LogP contribution in [0.4, 0.5) is 9.18 Å². The Kier molecular flexibility index (Phi) is 8.35. The summed E-state index contributed by atoms with van der Waals surface area (Å²) in [6.45, 7) is 7.87. The summed E-state index contributed by atoms with van der Waals surface area (Å²) in [5.41, 5.74) is 1.10. The molecule has 9 heteroatoms. The lowest BCUT2D eigenvalue weighted by atomic mass is 9.77. The van der Waals surface area contributed by atoms with E-state index in [1.54, 1.807) is 18.2 Å². The molecule has 2 aromatic carbocycles. The van der Waals surface area contributed by atoms with Crippen molar-refractivity contribution in [3.8, 4) is 0 Å². The average Bonchev–Trinajstić information content (AvgIpc) is 3.01. The molecule has 0 saturated carbocycles. The Hall–Kier alpha value is -3.17. The van der Waals surface area contributed by atoms with Crippen LogP contribution in [-0.4, -0.2) is 42.0 Å². The molecule has 2 N–H and O–H groups in total. The minimum absolute atomic E-state index is 0.0623. The number of nitrogens with one attached hydrogen (secondary N) is 1. The topological polar surface area (TPSA) is 94.1 Å². The normalized spacial score (nSPS) is 16.7. The van der Waals surface area contributed by atoms with Gasteiger partial charge >= 0.3 is 19.2 Å². The molecule has 0 spiro atoms. The first-order valence-electron chi connectivity index (χ1n) is 11.5. The summed E-state index contributed by atoms with van der Waals surface area (Å²) in [4.78, 5) is 23.1. The lowest BCUT2D eigenvalue weighted by Crippen LogP contribution is -2.41. The van der Waals surface area contributed by atoms with Crippen molar-refractivity contribution >= 4 is 25.3 Å². The van der Waals surface area contributed by atoms with Crippen molar-refractivity contribution in [2.24, 2.45) is 0 Å². The number of ether oxygens (including phenoxy) is 1. The van der Waals surface area contributed by atoms with E-state index in [9.17, 15) is 14.0 Å². The number of carbonyl (C=O) groups is 2. The van der Waals surface area contributed by atoms with E-state index in [0.717, 1.165) is 5.56 Å². The first-order valence-corrected chi connectivity index (χ1v) is 11.5. The van der Waals surface area contributed by atoms with Crippen LogP contribution in [0.5, 0.6) is 0 Å². The highest BCUT2D eigenvalue weighted by molar-refractivity contribution is 6.56. The molecule has 0 aliphatic carbocycles. The molecule has 35 heavy (non-hydrogen) atoms. The second-order valence-electron chi connectivity index (χ2n) is 9.47. The third-order valence-electron chi connectivity index (χ3n) is 6.24. The van der Waals surface area contributed by atoms with Crippen LogP contribution >= 0.6 is 0 Å². The third-order valence-corrected chi connectivity index (χ3v) is 6.24. The summed E-state index contributed by atoms with van der Waals surface area (Å²) in [5, 5.41) is 11.6. The highest BCUT2D eigenvalue weighted by Crippen LogP contribution is 2.38. The molecule has 186 valence electrons. The highest BCUT2D eigenvalue weighted by Gasteiger charge is 2.52. The van der Waals surface area contributed by atoms with Crippen LogP contribution in [0.1, 0.15) is 50.8 Å². The van der Waals surface area contributed by atoms with Gasteiger partial charge in [-0.1, -0.05) is 48.5 Å². The smallest absolute Gasteiger partial charge is 0.481 e. The molecule has 1 saturated heterocycles. The lowest BCUT2D eigenvalue weighted by molar-refractivity contribution is -0.136. The molecule has 0 atom stereocenters. The van der Waals surface area contributed by atoms with Crippen LogP contribution in [0.2, 0.25) is 0 Å². The van der Waals surface area contributed by atoms with Crippen molar-refractivity contribution < 1.29 is 33.1 Å². The number of hydrogen-bond acceptors (Lipinski definition) is 5. The number of carboxylic acid groups (broad SMARTS) is 1. The largest absolute Gasteiger partial charge is 0.492 e. The van der Waals surface area contributed by atoms with Crippen molar-refractivity contribution in [2.75, 3.05) is 6.54 Å². The number of amides is 1. The van der Waals surface area contributed by atoms with Crippen LogP contribution in [0.15, 0.2) is 54.0 Å². The number of carbonyl (C=O) groups excluding carboxylic acids is 1. The Morgan fingerprint density at radius 1 is 1.09 bits per heavy atom. The molecule has 1 fully saturated rings. The Morgan fingerprint density at radius 3 is 2.34 bits per heavy atom. The first-order chi connectivity index (χ1) is 16.5. The molecular weight excluding hydrogens is 452 g/mol. The summed E-state index contributed by atoms with van der Waals surface area (Å²) >= 11 is 0. The minimum atomic E-state index is -0.985. The predicted octanol–water partition coefficient (Wildman–Crippen LogP) is 4.78. The van der Waals surface area contributed by atoms with Crippen LogP contribution in [0.25, 0.3) is 6.08 Å². The fraction of sp³-hybridized carbons (Fsp3) is 0.385. The summed E-state index contributed by atoms with van der Waals surface area (Å²) in [7, 11) is -0.760. The maximum Gasteiger partial charge on any atom is 0.492 e. The molecule has 0 aromatic heterocycles. The Morgan fingerprint density at radius 2 is 1.74 bits per heavy atom. The summed E-state index contributed by atoms with van der Waals surface area (Å²) in [5.74, 6) is -1.48. The van der Waals surface area contributed by atoms with Gasteiger partial charge in [0.2, 0.25) is 0 Å². The average molecular weight is 483 g/mol. The molecule has 1 heterocycles. The molecule has 1 amide bonds. The minimum Gasteiger partial charge on any atom is -0.481 e. The zero-order valence-corrected chi connectivity index (χ0v) is 20.5. The second kappa shape index (κ2) is 11.1. The SMILES string of the molecule is CC1(C)OB(C(=Cc2ccc(CCC(=O)O)c(F)c2)CNC(=O)OCc2ccccc2)OC1(C)C. The Balaban J connectivity index is 1.75. The van der Waals surface area contributed by atoms with E-state index in [2.05, 4.69) is 5.32 Å². The quantitative estimate of drug-likeness (QED) is 0.499. The maximum atomic E-state index is 14.6. The Bertz CT molecular complexity index is 1070. The van der Waals surface area contributed by atoms with Gasteiger partial charge < -0.3 is 24.5 Å². The van der Waals surface area contributed by atoms with Gasteiger partial charge in [0, 0.05) is 13.0 Å². The van der Waals surface area contributed by atoms with Gasteiger partial charge in [0.1, 0.15) is 12.4 Å². The van der Waals surface area contributed by atoms with Crippen molar-refractivity contribution in [2.45, 2.75) is 58.3 Å². The summed E-state index contributed by atoms with van der Waals surface area (Å²) < 4.78 is 32.1. The number of halogens is 1.